The summed E-state index contributed by atoms with van der Waals surface area (Å²) in [6.45, 7) is 2.62. The molecule has 0 aromatic rings. The Labute approximate surface area is 125 Å². The van der Waals surface area contributed by atoms with Crippen LogP contribution in [0.2, 0.25) is 0 Å². The van der Waals surface area contributed by atoms with E-state index in [9.17, 15) is 23.1 Å². The van der Waals surface area contributed by atoms with Gasteiger partial charge >= 0.3 is 5.97 Å². The lowest BCUT2D eigenvalue weighted by Gasteiger charge is -2.25. The van der Waals surface area contributed by atoms with Gasteiger partial charge in [0.2, 0.25) is 5.91 Å². The summed E-state index contributed by atoms with van der Waals surface area (Å²) in [5.41, 5.74) is 0. The Balaban J connectivity index is 2.09. The first kappa shape index (κ1) is 16.3. The van der Waals surface area contributed by atoms with Gasteiger partial charge in [-0.2, -0.15) is 0 Å². The molecular weight excluding hydrogens is 294 g/mol. The minimum absolute atomic E-state index is 0.0135. The van der Waals surface area contributed by atoms with Crippen molar-refractivity contribution in [1.82, 2.24) is 4.90 Å². The van der Waals surface area contributed by atoms with Gasteiger partial charge in [-0.1, -0.05) is 13.3 Å². The first-order chi connectivity index (χ1) is 9.84. The van der Waals surface area contributed by atoms with Crippen molar-refractivity contribution >= 4 is 21.7 Å². The Hall–Kier alpha value is -1.11. The fourth-order valence-corrected chi connectivity index (χ4v) is 4.69. The highest BCUT2D eigenvalue weighted by molar-refractivity contribution is 7.91. The Morgan fingerprint density at radius 2 is 1.81 bits per heavy atom. The third kappa shape index (κ3) is 3.75. The zero-order valence-corrected chi connectivity index (χ0v) is 13.1. The molecule has 1 aliphatic carbocycles. The minimum atomic E-state index is -3.06. The normalized spacial score (nSPS) is 32.6. The van der Waals surface area contributed by atoms with Crippen LogP contribution < -0.4 is 0 Å². The van der Waals surface area contributed by atoms with Crippen LogP contribution in [0.1, 0.15) is 32.6 Å². The SMILES string of the molecule is CCC1CC(C(=O)O)C(C(=O)N2CCCS(=O)(=O)CC2)C1. The number of carboxylic acid groups (broad SMARTS) is 1. The lowest BCUT2D eigenvalue weighted by molar-refractivity contribution is -0.149. The monoisotopic (exact) mass is 317 g/mol. The summed E-state index contributed by atoms with van der Waals surface area (Å²) in [5.74, 6) is -1.82. The molecule has 6 nitrogen and oxygen atoms in total. The Kier molecular flexibility index (Phi) is 4.91. The molecular formula is C14H23NO5S. The highest BCUT2D eigenvalue weighted by atomic mass is 32.2. The van der Waals surface area contributed by atoms with Gasteiger partial charge in [0.15, 0.2) is 9.84 Å². The van der Waals surface area contributed by atoms with E-state index in [2.05, 4.69) is 0 Å². The van der Waals surface area contributed by atoms with Gasteiger partial charge < -0.3 is 10.0 Å². The van der Waals surface area contributed by atoms with Gasteiger partial charge in [0.1, 0.15) is 0 Å². The predicted molar refractivity (Wildman–Crippen MR) is 77.5 cm³/mol. The number of hydrogen-bond acceptors (Lipinski definition) is 4. The molecule has 1 N–H and O–H groups in total. The van der Waals surface area contributed by atoms with Crippen molar-refractivity contribution in [2.75, 3.05) is 24.6 Å². The van der Waals surface area contributed by atoms with E-state index in [1.165, 1.54) is 0 Å². The van der Waals surface area contributed by atoms with Crippen LogP contribution in [0.3, 0.4) is 0 Å². The van der Waals surface area contributed by atoms with Gasteiger partial charge in [-0.3, -0.25) is 9.59 Å². The van der Waals surface area contributed by atoms with Gasteiger partial charge in [0.05, 0.1) is 23.3 Å². The fourth-order valence-electron chi connectivity index (χ4n) is 3.42. The molecule has 2 rings (SSSR count). The maximum atomic E-state index is 12.6. The molecule has 0 spiro atoms. The summed E-state index contributed by atoms with van der Waals surface area (Å²) >= 11 is 0. The smallest absolute Gasteiger partial charge is 0.307 e. The van der Waals surface area contributed by atoms with E-state index in [1.54, 1.807) is 4.90 Å². The van der Waals surface area contributed by atoms with Gasteiger partial charge in [-0.05, 0) is 25.2 Å². The summed E-state index contributed by atoms with van der Waals surface area (Å²) < 4.78 is 23.2. The van der Waals surface area contributed by atoms with E-state index in [0.717, 1.165) is 6.42 Å². The number of hydrogen-bond donors (Lipinski definition) is 1. The molecule has 2 aliphatic rings. The third-order valence-corrected chi connectivity index (χ3v) is 6.45. The number of amides is 1. The molecule has 1 aliphatic heterocycles. The average Bonchev–Trinajstić information content (AvgIpc) is 2.77. The fraction of sp³-hybridized carbons (Fsp3) is 0.857. The van der Waals surface area contributed by atoms with Crippen molar-refractivity contribution < 1.29 is 23.1 Å². The number of sulfone groups is 1. The first-order valence-corrected chi connectivity index (χ1v) is 9.38. The summed E-state index contributed by atoms with van der Waals surface area (Å²) in [6.07, 6.45) is 2.47. The topological polar surface area (TPSA) is 91.8 Å². The minimum Gasteiger partial charge on any atom is -0.481 e. The van der Waals surface area contributed by atoms with Crippen molar-refractivity contribution in [2.24, 2.45) is 17.8 Å². The van der Waals surface area contributed by atoms with Crippen molar-refractivity contribution in [2.45, 2.75) is 32.6 Å². The van der Waals surface area contributed by atoms with E-state index in [4.69, 9.17) is 0 Å². The summed E-state index contributed by atoms with van der Waals surface area (Å²) in [6, 6.07) is 0. The second-order valence-corrected chi connectivity index (χ2v) is 8.43. The maximum Gasteiger partial charge on any atom is 0.307 e. The van der Waals surface area contributed by atoms with Crippen LogP contribution in [0.25, 0.3) is 0 Å². The van der Waals surface area contributed by atoms with Gasteiger partial charge in [0.25, 0.3) is 0 Å². The van der Waals surface area contributed by atoms with E-state index in [-0.39, 0.29) is 29.9 Å². The summed E-state index contributed by atoms with van der Waals surface area (Å²) in [7, 11) is -3.06. The number of nitrogens with zero attached hydrogens (tertiary/aromatic N) is 1. The number of aliphatic carboxylic acids is 1. The zero-order valence-electron chi connectivity index (χ0n) is 12.3. The third-order valence-electron chi connectivity index (χ3n) is 4.74. The van der Waals surface area contributed by atoms with Crippen LogP contribution >= 0.6 is 0 Å². The van der Waals surface area contributed by atoms with E-state index in [1.807, 2.05) is 6.92 Å². The molecule has 1 saturated carbocycles. The zero-order chi connectivity index (χ0) is 15.6. The lowest BCUT2D eigenvalue weighted by atomic mass is 9.94. The van der Waals surface area contributed by atoms with Gasteiger partial charge in [0, 0.05) is 13.1 Å². The van der Waals surface area contributed by atoms with Crippen molar-refractivity contribution in [3.63, 3.8) is 0 Å². The highest BCUT2D eigenvalue weighted by Crippen LogP contribution is 2.39. The van der Waals surface area contributed by atoms with Crippen LogP contribution in [-0.4, -0.2) is 54.9 Å². The number of carboxylic acids is 1. The molecule has 1 saturated heterocycles. The standard InChI is InChI=1S/C14H23NO5S/c1-2-10-8-11(12(9-10)14(17)18)13(16)15-4-3-6-21(19,20)7-5-15/h10-12H,2-9H2,1H3,(H,17,18). The summed E-state index contributed by atoms with van der Waals surface area (Å²) in [4.78, 5) is 25.5. The van der Waals surface area contributed by atoms with E-state index >= 15 is 0 Å². The van der Waals surface area contributed by atoms with Gasteiger partial charge in [-0.15, -0.1) is 0 Å². The van der Waals surface area contributed by atoms with Crippen molar-refractivity contribution in [3.8, 4) is 0 Å². The second-order valence-electron chi connectivity index (χ2n) is 6.13. The molecule has 2 fully saturated rings. The average molecular weight is 317 g/mol. The number of carbonyl (C=O) groups is 2. The Morgan fingerprint density at radius 3 is 2.43 bits per heavy atom. The molecule has 1 amide bonds. The maximum absolute atomic E-state index is 12.6. The van der Waals surface area contributed by atoms with E-state index < -0.39 is 27.6 Å². The molecule has 3 unspecified atom stereocenters. The number of carbonyl (C=O) groups excluding carboxylic acids is 1. The molecule has 0 radical (unpaired) electrons. The van der Waals surface area contributed by atoms with Crippen LogP contribution in [-0.2, 0) is 19.4 Å². The second kappa shape index (κ2) is 6.34. The van der Waals surface area contributed by atoms with E-state index in [0.29, 0.717) is 25.8 Å². The Morgan fingerprint density at radius 1 is 1.14 bits per heavy atom. The molecule has 0 aromatic carbocycles. The van der Waals surface area contributed by atoms with Crippen molar-refractivity contribution in [3.05, 3.63) is 0 Å². The van der Waals surface area contributed by atoms with Crippen LogP contribution in [0.5, 0.6) is 0 Å². The van der Waals surface area contributed by atoms with Crippen LogP contribution in [0.15, 0.2) is 0 Å². The van der Waals surface area contributed by atoms with Crippen LogP contribution in [0, 0.1) is 17.8 Å². The molecule has 1 heterocycles. The molecule has 21 heavy (non-hydrogen) atoms. The molecule has 0 aromatic heterocycles. The molecule has 3 atom stereocenters. The molecule has 0 bridgehead atoms. The quantitative estimate of drug-likeness (QED) is 0.830. The highest BCUT2D eigenvalue weighted by Gasteiger charge is 2.43. The lowest BCUT2D eigenvalue weighted by Crippen LogP contribution is -2.40. The Bertz CT molecular complexity index is 515. The first-order valence-electron chi connectivity index (χ1n) is 7.56. The largest absolute Gasteiger partial charge is 0.481 e. The predicted octanol–water partition coefficient (Wildman–Crippen LogP) is 0.770. The summed E-state index contributed by atoms with van der Waals surface area (Å²) in [5, 5.41) is 9.32. The number of rotatable bonds is 3. The van der Waals surface area contributed by atoms with Gasteiger partial charge in [-0.25, -0.2) is 8.42 Å². The van der Waals surface area contributed by atoms with Crippen molar-refractivity contribution in [1.29, 1.82) is 0 Å². The molecule has 120 valence electrons. The molecule has 7 heteroatoms. The van der Waals surface area contributed by atoms with Crippen LogP contribution in [0.4, 0.5) is 0 Å².